The first-order chi connectivity index (χ1) is 17.1. The van der Waals surface area contributed by atoms with Crippen molar-refractivity contribution in [3.05, 3.63) is 77.4 Å². The van der Waals surface area contributed by atoms with Crippen LogP contribution in [0.4, 0.5) is 5.69 Å². The first-order valence-electron chi connectivity index (χ1n) is 12.0. The zero-order chi connectivity index (χ0) is 24.4. The predicted octanol–water partition coefficient (Wildman–Crippen LogP) is 4.35. The summed E-state index contributed by atoms with van der Waals surface area (Å²) in [4.78, 5) is 22.1. The summed E-state index contributed by atoms with van der Waals surface area (Å²) in [7, 11) is 1.66. The standard InChI is InChI=1S/C28H29N5O2/c1-20-17-32(19-30-20)26-10-7-22(15-27(26)35-2)14-23-4-3-12-33(28(23)34)25-11-13-31(18-25)24-8-5-21(16-29)6-9-24/h5-10,14-15,17,19,25H,3-4,11-13,18H2,1-2H3/b23-14+/t25-/m0/s1. The molecule has 1 atom stereocenters. The summed E-state index contributed by atoms with van der Waals surface area (Å²) >= 11 is 0. The average Bonchev–Trinajstić information content (AvgIpc) is 3.55. The number of hydrogen-bond acceptors (Lipinski definition) is 5. The highest BCUT2D eigenvalue weighted by atomic mass is 16.5. The van der Waals surface area contributed by atoms with E-state index in [0.717, 1.165) is 72.9 Å². The van der Waals surface area contributed by atoms with Crippen LogP contribution in [0.2, 0.25) is 0 Å². The van der Waals surface area contributed by atoms with Crippen molar-refractivity contribution in [2.45, 2.75) is 32.2 Å². The number of aryl methyl sites for hydroxylation is 1. The van der Waals surface area contributed by atoms with Gasteiger partial charge < -0.3 is 19.1 Å². The van der Waals surface area contributed by atoms with E-state index in [2.05, 4.69) is 20.9 Å². The number of carbonyl (C=O) groups is 1. The molecular formula is C28H29N5O2. The Kier molecular flexibility index (Phi) is 6.28. The van der Waals surface area contributed by atoms with Crippen LogP contribution in [0.15, 0.2) is 60.6 Å². The second kappa shape index (κ2) is 9.67. The first-order valence-corrected chi connectivity index (χ1v) is 12.0. The lowest BCUT2D eigenvalue weighted by Crippen LogP contribution is -2.45. The van der Waals surface area contributed by atoms with Crippen molar-refractivity contribution in [1.29, 1.82) is 5.26 Å². The van der Waals surface area contributed by atoms with Crippen LogP contribution in [-0.2, 0) is 4.79 Å². The van der Waals surface area contributed by atoms with Crippen LogP contribution in [0.25, 0.3) is 11.8 Å². The van der Waals surface area contributed by atoms with Crippen LogP contribution in [0.5, 0.6) is 5.75 Å². The van der Waals surface area contributed by atoms with E-state index < -0.39 is 0 Å². The van der Waals surface area contributed by atoms with Gasteiger partial charge in [0.15, 0.2) is 0 Å². The van der Waals surface area contributed by atoms with E-state index in [9.17, 15) is 4.79 Å². The lowest BCUT2D eigenvalue weighted by molar-refractivity contribution is -0.130. The molecule has 0 saturated carbocycles. The largest absolute Gasteiger partial charge is 0.495 e. The van der Waals surface area contributed by atoms with Gasteiger partial charge in [0.25, 0.3) is 0 Å². The molecule has 3 heterocycles. The number of ether oxygens (including phenoxy) is 1. The SMILES string of the molecule is COc1cc(/C=C2\CCCN([C@H]3CCN(c4ccc(C#N)cc4)C3)C2=O)ccc1-n1cnc(C)c1. The number of nitriles is 1. The minimum Gasteiger partial charge on any atom is -0.495 e. The molecule has 7 nitrogen and oxygen atoms in total. The number of rotatable bonds is 5. The van der Waals surface area contributed by atoms with Crippen molar-refractivity contribution in [2.75, 3.05) is 31.6 Å². The average molecular weight is 468 g/mol. The van der Waals surface area contributed by atoms with Crippen molar-refractivity contribution in [3.63, 3.8) is 0 Å². The van der Waals surface area contributed by atoms with Crippen LogP contribution in [-0.4, -0.2) is 53.1 Å². The lowest BCUT2D eigenvalue weighted by Gasteiger charge is -2.34. The number of anilines is 1. The van der Waals surface area contributed by atoms with Gasteiger partial charge in [0.05, 0.1) is 42.5 Å². The molecule has 7 heteroatoms. The number of nitrogens with zero attached hydrogens (tertiary/aromatic N) is 5. The molecule has 0 radical (unpaired) electrons. The van der Waals surface area contributed by atoms with Gasteiger partial charge in [-0.25, -0.2) is 4.98 Å². The number of imidazole rings is 1. The smallest absolute Gasteiger partial charge is 0.250 e. The first kappa shape index (κ1) is 22.7. The fourth-order valence-electron chi connectivity index (χ4n) is 5.04. The molecule has 2 saturated heterocycles. The normalized spacial score (nSPS) is 19.3. The third kappa shape index (κ3) is 4.65. The van der Waals surface area contributed by atoms with E-state index in [4.69, 9.17) is 10.00 Å². The fraction of sp³-hybridized carbons (Fsp3) is 0.321. The van der Waals surface area contributed by atoms with Crippen LogP contribution in [0.3, 0.4) is 0 Å². The van der Waals surface area contributed by atoms with Crippen molar-refractivity contribution in [1.82, 2.24) is 14.5 Å². The van der Waals surface area contributed by atoms with Gasteiger partial charge >= 0.3 is 0 Å². The third-order valence-electron chi connectivity index (χ3n) is 6.88. The molecule has 0 aliphatic carbocycles. The summed E-state index contributed by atoms with van der Waals surface area (Å²) in [5, 5.41) is 9.04. The summed E-state index contributed by atoms with van der Waals surface area (Å²) in [5.41, 5.74) is 5.43. The number of methoxy groups -OCH3 is 1. The van der Waals surface area contributed by atoms with Gasteiger partial charge in [-0.15, -0.1) is 0 Å². The second-order valence-corrected chi connectivity index (χ2v) is 9.17. The molecule has 2 aromatic carbocycles. The number of aromatic nitrogens is 2. The highest BCUT2D eigenvalue weighted by molar-refractivity contribution is 5.98. The fourth-order valence-corrected chi connectivity index (χ4v) is 5.04. The molecule has 0 N–H and O–H groups in total. The van der Waals surface area contributed by atoms with E-state index in [0.29, 0.717) is 5.56 Å². The zero-order valence-electron chi connectivity index (χ0n) is 20.1. The van der Waals surface area contributed by atoms with Crippen LogP contribution < -0.4 is 9.64 Å². The molecule has 3 aromatic rings. The zero-order valence-corrected chi connectivity index (χ0v) is 20.1. The van der Waals surface area contributed by atoms with Crippen LogP contribution in [0, 0.1) is 18.3 Å². The van der Waals surface area contributed by atoms with Gasteiger partial charge in [-0.2, -0.15) is 5.26 Å². The molecule has 1 aromatic heterocycles. The highest BCUT2D eigenvalue weighted by Crippen LogP contribution is 2.30. The number of hydrogen-bond donors (Lipinski definition) is 0. The summed E-state index contributed by atoms with van der Waals surface area (Å²) in [6.07, 6.45) is 8.44. The molecule has 2 aliphatic heterocycles. The summed E-state index contributed by atoms with van der Waals surface area (Å²) < 4.78 is 7.58. The Labute approximate surface area is 205 Å². The van der Waals surface area contributed by atoms with Crippen LogP contribution in [0.1, 0.15) is 36.1 Å². The molecule has 0 spiro atoms. The third-order valence-corrected chi connectivity index (χ3v) is 6.88. The highest BCUT2D eigenvalue weighted by Gasteiger charge is 2.34. The van der Waals surface area contributed by atoms with E-state index >= 15 is 0 Å². The number of benzene rings is 2. The van der Waals surface area contributed by atoms with E-state index in [1.54, 1.807) is 13.4 Å². The van der Waals surface area contributed by atoms with Gasteiger partial charge in [-0.3, -0.25) is 4.79 Å². The maximum Gasteiger partial charge on any atom is 0.250 e. The minimum absolute atomic E-state index is 0.135. The van der Waals surface area contributed by atoms with Crippen molar-refractivity contribution in [3.8, 4) is 17.5 Å². The quantitative estimate of drug-likeness (QED) is 0.522. The van der Waals surface area contributed by atoms with Crippen molar-refractivity contribution >= 4 is 17.7 Å². The molecule has 178 valence electrons. The van der Waals surface area contributed by atoms with E-state index in [-0.39, 0.29) is 11.9 Å². The van der Waals surface area contributed by atoms with E-state index in [1.165, 1.54) is 0 Å². The molecule has 1 amide bonds. The number of carbonyl (C=O) groups excluding carboxylic acids is 1. The van der Waals surface area contributed by atoms with Gasteiger partial charge in [-0.05, 0) is 74.2 Å². The van der Waals surface area contributed by atoms with Crippen molar-refractivity contribution in [2.24, 2.45) is 0 Å². The Balaban J connectivity index is 1.31. The Morgan fingerprint density at radius 3 is 2.71 bits per heavy atom. The van der Waals surface area contributed by atoms with Gasteiger partial charge in [0.1, 0.15) is 5.75 Å². The van der Waals surface area contributed by atoms with Gasteiger partial charge in [0.2, 0.25) is 5.91 Å². The summed E-state index contributed by atoms with van der Waals surface area (Å²) in [6, 6.07) is 16.1. The Morgan fingerprint density at radius 1 is 1.17 bits per heavy atom. The second-order valence-electron chi connectivity index (χ2n) is 9.17. The Hall–Kier alpha value is -4.05. The maximum absolute atomic E-state index is 13.4. The number of likely N-dealkylation sites (tertiary alicyclic amines) is 1. The molecule has 5 rings (SSSR count). The van der Waals surface area contributed by atoms with Crippen LogP contribution >= 0.6 is 0 Å². The summed E-state index contributed by atoms with van der Waals surface area (Å²) in [5.74, 6) is 0.877. The number of piperidine rings is 1. The topological polar surface area (TPSA) is 74.4 Å². The van der Waals surface area contributed by atoms with E-state index in [1.807, 2.05) is 66.2 Å². The maximum atomic E-state index is 13.4. The predicted molar refractivity (Wildman–Crippen MR) is 136 cm³/mol. The van der Waals surface area contributed by atoms with Crippen molar-refractivity contribution < 1.29 is 9.53 Å². The molecule has 0 unspecified atom stereocenters. The monoisotopic (exact) mass is 467 g/mol. The molecule has 35 heavy (non-hydrogen) atoms. The van der Waals surface area contributed by atoms with Gasteiger partial charge in [-0.1, -0.05) is 6.07 Å². The molecule has 2 fully saturated rings. The molecule has 2 aliphatic rings. The summed E-state index contributed by atoms with van der Waals surface area (Å²) in [6.45, 7) is 4.48. The Bertz CT molecular complexity index is 1300. The number of amides is 1. The molecule has 0 bridgehead atoms. The van der Waals surface area contributed by atoms with Gasteiger partial charge in [0, 0.05) is 37.1 Å². The molecular weight excluding hydrogens is 438 g/mol. The Morgan fingerprint density at radius 2 is 2.00 bits per heavy atom. The lowest BCUT2D eigenvalue weighted by atomic mass is 9.98. The minimum atomic E-state index is 0.135.